The number of halogens is 1. The zero-order valence-electron chi connectivity index (χ0n) is 10.7. The zero-order valence-corrected chi connectivity index (χ0v) is 13.1. The molecule has 96 valence electrons. The SMILES string of the molecule is CN(Cc1cc(Br)cs1)C(=O)[C@@H](N)C(C)(C)C. The van der Waals surface area contributed by atoms with Crippen LogP contribution in [0.5, 0.6) is 0 Å². The van der Waals surface area contributed by atoms with E-state index in [9.17, 15) is 4.79 Å². The molecule has 0 radical (unpaired) electrons. The molecule has 0 bridgehead atoms. The molecule has 17 heavy (non-hydrogen) atoms. The zero-order chi connectivity index (χ0) is 13.2. The van der Waals surface area contributed by atoms with Crippen molar-refractivity contribution in [1.82, 2.24) is 4.90 Å². The molecular weight excluding hydrogens is 300 g/mol. The van der Waals surface area contributed by atoms with Crippen molar-refractivity contribution in [1.29, 1.82) is 0 Å². The van der Waals surface area contributed by atoms with Crippen LogP contribution in [-0.2, 0) is 11.3 Å². The Bertz CT molecular complexity index is 397. The van der Waals surface area contributed by atoms with Gasteiger partial charge >= 0.3 is 0 Å². The second-order valence-corrected chi connectivity index (χ2v) is 7.18. The number of likely N-dealkylation sites (N-methyl/N-ethyl adjacent to an activating group) is 1. The summed E-state index contributed by atoms with van der Waals surface area (Å²) in [6.45, 7) is 6.54. The normalized spacial score (nSPS) is 13.5. The minimum Gasteiger partial charge on any atom is -0.339 e. The Morgan fingerprint density at radius 1 is 1.59 bits per heavy atom. The summed E-state index contributed by atoms with van der Waals surface area (Å²) < 4.78 is 1.05. The predicted octanol–water partition coefficient (Wildman–Crippen LogP) is 2.84. The molecular formula is C12H19BrN2OS. The third-order valence-electron chi connectivity index (χ3n) is 2.59. The number of hydrogen-bond donors (Lipinski definition) is 1. The maximum absolute atomic E-state index is 12.1. The van der Waals surface area contributed by atoms with E-state index in [-0.39, 0.29) is 11.3 Å². The van der Waals surface area contributed by atoms with Gasteiger partial charge < -0.3 is 10.6 Å². The number of thiophene rings is 1. The van der Waals surface area contributed by atoms with Crippen LogP contribution in [0.2, 0.25) is 0 Å². The molecule has 1 rings (SSSR count). The maximum Gasteiger partial charge on any atom is 0.240 e. The smallest absolute Gasteiger partial charge is 0.240 e. The van der Waals surface area contributed by atoms with E-state index in [0.717, 1.165) is 9.35 Å². The molecule has 0 aliphatic carbocycles. The molecule has 0 fully saturated rings. The van der Waals surface area contributed by atoms with Crippen LogP contribution in [0.4, 0.5) is 0 Å². The van der Waals surface area contributed by atoms with Crippen molar-refractivity contribution < 1.29 is 4.79 Å². The largest absolute Gasteiger partial charge is 0.339 e. The Hall–Kier alpha value is -0.390. The molecule has 0 aliphatic heterocycles. The molecule has 1 aromatic rings. The molecule has 2 N–H and O–H groups in total. The summed E-state index contributed by atoms with van der Waals surface area (Å²) >= 11 is 5.03. The van der Waals surface area contributed by atoms with Gasteiger partial charge in [0.2, 0.25) is 5.91 Å². The Balaban J connectivity index is 2.65. The van der Waals surface area contributed by atoms with Gasteiger partial charge in [-0.2, -0.15) is 0 Å². The molecule has 0 aromatic carbocycles. The van der Waals surface area contributed by atoms with Gasteiger partial charge in [0.05, 0.1) is 12.6 Å². The summed E-state index contributed by atoms with van der Waals surface area (Å²) in [5.74, 6) is -0.0120. The number of nitrogens with zero attached hydrogens (tertiary/aromatic N) is 1. The topological polar surface area (TPSA) is 46.3 Å². The van der Waals surface area contributed by atoms with Crippen LogP contribution in [0.1, 0.15) is 25.6 Å². The van der Waals surface area contributed by atoms with Gasteiger partial charge in [-0.15, -0.1) is 11.3 Å². The summed E-state index contributed by atoms with van der Waals surface area (Å²) in [5.41, 5.74) is 5.75. The summed E-state index contributed by atoms with van der Waals surface area (Å²) in [7, 11) is 1.79. The first-order valence-corrected chi connectivity index (χ1v) is 7.12. The fourth-order valence-electron chi connectivity index (χ4n) is 1.36. The average Bonchev–Trinajstić information content (AvgIpc) is 2.60. The minimum absolute atomic E-state index is 0.0120. The fourth-order valence-corrected chi connectivity index (χ4v) is 2.86. The van der Waals surface area contributed by atoms with Crippen LogP contribution in [0.15, 0.2) is 15.9 Å². The fraction of sp³-hybridized carbons (Fsp3) is 0.583. The van der Waals surface area contributed by atoms with Crippen molar-refractivity contribution in [2.75, 3.05) is 7.05 Å². The monoisotopic (exact) mass is 318 g/mol. The maximum atomic E-state index is 12.1. The lowest BCUT2D eigenvalue weighted by atomic mass is 9.86. The number of amides is 1. The molecule has 0 unspecified atom stereocenters. The van der Waals surface area contributed by atoms with Crippen LogP contribution in [-0.4, -0.2) is 23.9 Å². The van der Waals surface area contributed by atoms with Crippen LogP contribution >= 0.6 is 27.3 Å². The van der Waals surface area contributed by atoms with Gasteiger partial charge in [-0.1, -0.05) is 20.8 Å². The molecule has 0 aliphatic rings. The lowest BCUT2D eigenvalue weighted by molar-refractivity contribution is -0.134. The number of nitrogens with two attached hydrogens (primary N) is 1. The van der Waals surface area contributed by atoms with Crippen LogP contribution < -0.4 is 5.73 Å². The predicted molar refractivity (Wildman–Crippen MR) is 75.9 cm³/mol. The highest BCUT2D eigenvalue weighted by Gasteiger charge is 2.29. The first kappa shape index (κ1) is 14.7. The third kappa shape index (κ3) is 4.08. The van der Waals surface area contributed by atoms with Gasteiger partial charge in [-0.3, -0.25) is 4.79 Å². The molecule has 0 spiro atoms. The van der Waals surface area contributed by atoms with E-state index in [1.54, 1.807) is 23.3 Å². The van der Waals surface area contributed by atoms with Crippen molar-refractivity contribution >= 4 is 33.2 Å². The molecule has 1 atom stereocenters. The minimum atomic E-state index is -0.462. The van der Waals surface area contributed by atoms with E-state index in [1.807, 2.05) is 32.2 Å². The second kappa shape index (κ2) is 5.50. The molecule has 1 amide bonds. The highest BCUT2D eigenvalue weighted by atomic mass is 79.9. The molecule has 3 nitrogen and oxygen atoms in total. The Labute approximate surface area is 115 Å². The molecule has 1 heterocycles. The lowest BCUT2D eigenvalue weighted by Crippen LogP contribution is -2.48. The van der Waals surface area contributed by atoms with Crippen molar-refractivity contribution in [3.05, 3.63) is 20.8 Å². The van der Waals surface area contributed by atoms with E-state index in [0.29, 0.717) is 6.54 Å². The van der Waals surface area contributed by atoms with Crippen molar-refractivity contribution in [3.63, 3.8) is 0 Å². The van der Waals surface area contributed by atoms with Gasteiger partial charge in [-0.05, 0) is 27.4 Å². The van der Waals surface area contributed by atoms with Crippen molar-refractivity contribution in [2.24, 2.45) is 11.1 Å². The van der Waals surface area contributed by atoms with Gasteiger partial charge in [-0.25, -0.2) is 0 Å². The summed E-state index contributed by atoms with van der Waals surface area (Å²) in [6.07, 6.45) is 0. The Morgan fingerprint density at radius 2 is 2.18 bits per heavy atom. The Kier molecular flexibility index (Phi) is 4.75. The number of rotatable bonds is 3. The first-order valence-electron chi connectivity index (χ1n) is 5.45. The van der Waals surface area contributed by atoms with E-state index in [1.165, 1.54) is 0 Å². The third-order valence-corrected chi connectivity index (χ3v) is 4.27. The van der Waals surface area contributed by atoms with Crippen molar-refractivity contribution in [2.45, 2.75) is 33.4 Å². The molecule has 0 saturated heterocycles. The summed E-state index contributed by atoms with van der Waals surface area (Å²) in [5, 5.41) is 2.01. The highest BCUT2D eigenvalue weighted by Crippen LogP contribution is 2.23. The second-order valence-electron chi connectivity index (χ2n) is 5.27. The number of carbonyl (C=O) groups is 1. The first-order chi connectivity index (χ1) is 7.71. The number of carbonyl (C=O) groups excluding carboxylic acids is 1. The highest BCUT2D eigenvalue weighted by molar-refractivity contribution is 9.10. The Morgan fingerprint density at radius 3 is 2.59 bits per heavy atom. The lowest BCUT2D eigenvalue weighted by Gasteiger charge is -2.29. The van der Waals surface area contributed by atoms with Crippen LogP contribution in [0, 0.1) is 5.41 Å². The summed E-state index contributed by atoms with van der Waals surface area (Å²) in [6, 6.07) is 1.56. The van der Waals surface area contributed by atoms with Crippen LogP contribution in [0.25, 0.3) is 0 Å². The summed E-state index contributed by atoms with van der Waals surface area (Å²) in [4.78, 5) is 14.9. The molecule has 1 aromatic heterocycles. The van der Waals surface area contributed by atoms with E-state index >= 15 is 0 Å². The average molecular weight is 319 g/mol. The standard InChI is InChI=1S/C12H19BrN2OS/c1-12(2,3)10(14)11(16)15(4)6-9-5-8(13)7-17-9/h5,7,10H,6,14H2,1-4H3/t10-/m1/s1. The van der Waals surface area contributed by atoms with Gasteiger partial charge in [0.15, 0.2) is 0 Å². The molecule has 5 heteroatoms. The number of hydrogen-bond acceptors (Lipinski definition) is 3. The van der Waals surface area contributed by atoms with Gasteiger partial charge in [0.25, 0.3) is 0 Å². The van der Waals surface area contributed by atoms with E-state index in [4.69, 9.17) is 5.73 Å². The van der Waals surface area contributed by atoms with Gasteiger partial charge in [0.1, 0.15) is 0 Å². The van der Waals surface area contributed by atoms with Crippen molar-refractivity contribution in [3.8, 4) is 0 Å². The quantitative estimate of drug-likeness (QED) is 0.931. The van der Waals surface area contributed by atoms with Gasteiger partial charge in [0, 0.05) is 21.8 Å². The van der Waals surface area contributed by atoms with E-state index < -0.39 is 6.04 Å². The van der Waals surface area contributed by atoms with E-state index in [2.05, 4.69) is 15.9 Å². The van der Waals surface area contributed by atoms with Crippen LogP contribution in [0.3, 0.4) is 0 Å². The molecule has 0 saturated carbocycles.